The van der Waals surface area contributed by atoms with Gasteiger partial charge in [-0.3, -0.25) is 9.97 Å². The zero-order valence-electron chi connectivity index (χ0n) is 36.9. The minimum atomic E-state index is 0.601. The van der Waals surface area contributed by atoms with Gasteiger partial charge < -0.3 is 0 Å². The summed E-state index contributed by atoms with van der Waals surface area (Å²) < 4.78 is 0. The lowest BCUT2D eigenvalue weighted by Crippen LogP contribution is -2.00. The lowest BCUT2D eigenvalue weighted by molar-refractivity contribution is 1.07. The van der Waals surface area contributed by atoms with Gasteiger partial charge in [0.2, 0.25) is 0 Å². The van der Waals surface area contributed by atoms with Crippen LogP contribution in [0.2, 0.25) is 0 Å². The Morgan fingerprint density at radius 1 is 0.206 bits per heavy atom. The number of hydrogen-bond donors (Lipinski definition) is 0. The molecule has 318 valence electrons. The van der Waals surface area contributed by atoms with E-state index in [1.165, 1.54) is 16.2 Å². The van der Waals surface area contributed by atoms with Crippen molar-refractivity contribution in [3.63, 3.8) is 0 Å². The van der Waals surface area contributed by atoms with Crippen molar-refractivity contribution >= 4 is 21.5 Å². The van der Waals surface area contributed by atoms with Crippen LogP contribution in [-0.4, -0.2) is 24.9 Å². The predicted octanol–water partition coefficient (Wildman–Crippen LogP) is 16.0. The molecule has 0 aliphatic rings. The van der Waals surface area contributed by atoms with Crippen LogP contribution in [0.3, 0.4) is 0 Å². The molecule has 68 heavy (non-hydrogen) atoms. The maximum absolute atomic E-state index is 5.29. The van der Waals surface area contributed by atoms with Crippen molar-refractivity contribution in [3.05, 3.63) is 249 Å². The fourth-order valence-corrected chi connectivity index (χ4v) is 9.03. The third-order valence-electron chi connectivity index (χ3n) is 12.7. The van der Waals surface area contributed by atoms with Crippen LogP contribution in [0.5, 0.6) is 0 Å². The van der Waals surface area contributed by atoms with E-state index in [0.29, 0.717) is 17.5 Å². The summed E-state index contributed by atoms with van der Waals surface area (Å²) in [6.07, 6.45) is 3.66. The number of pyridine rings is 2. The largest absolute Gasteiger partial charge is 0.256 e. The van der Waals surface area contributed by atoms with Gasteiger partial charge in [-0.05, 0) is 115 Å². The maximum atomic E-state index is 5.29. The van der Waals surface area contributed by atoms with Crippen LogP contribution in [0.25, 0.3) is 123 Å². The molecule has 12 aromatic rings. The van der Waals surface area contributed by atoms with Crippen molar-refractivity contribution in [1.29, 1.82) is 0 Å². The van der Waals surface area contributed by atoms with Crippen molar-refractivity contribution in [2.75, 3.05) is 0 Å². The van der Waals surface area contributed by atoms with Crippen LogP contribution in [0.4, 0.5) is 0 Å². The molecule has 5 heteroatoms. The maximum Gasteiger partial charge on any atom is 0.164 e. The molecule has 0 saturated heterocycles. The smallest absolute Gasteiger partial charge is 0.164 e. The Labute approximate surface area is 394 Å². The standard InChI is InChI=1S/C63H41N5/c1-2-11-52(12-3-1)61-66-62(53-35-30-49-29-28-48-10-4-5-13-57(48)58(49)41-53)68-63(67-61)56-39-54(46-20-16-42(17-21-46)44-24-31-50(32-25-44)59-14-6-8-36-64-59)38-55(40-56)47-22-18-43(19-23-47)45-26-33-51(34-27-45)60-15-7-9-37-65-60/h1-41H. The molecule has 0 unspecified atom stereocenters. The van der Waals surface area contributed by atoms with Crippen LogP contribution in [-0.2, 0) is 0 Å². The number of nitrogens with zero attached hydrogens (tertiary/aromatic N) is 5. The van der Waals surface area contributed by atoms with E-state index >= 15 is 0 Å². The quantitative estimate of drug-likeness (QED) is 0.135. The van der Waals surface area contributed by atoms with Gasteiger partial charge in [0.1, 0.15) is 0 Å². The van der Waals surface area contributed by atoms with E-state index in [2.05, 4.69) is 192 Å². The van der Waals surface area contributed by atoms with Crippen molar-refractivity contribution in [2.24, 2.45) is 0 Å². The van der Waals surface area contributed by atoms with Crippen LogP contribution in [0.1, 0.15) is 0 Å². The predicted molar refractivity (Wildman–Crippen MR) is 279 cm³/mol. The second-order valence-corrected chi connectivity index (χ2v) is 16.9. The summed E-state index contributed by atoms with van der Waals surface area (Å²) >= 11 is 0. The molecule has 9 aromatic carbocycles. The summed E-state index contributed by atoms with van der Waals surface area (Å²) in [5, 5.41) is 4.72. The van der Waals surface area contributed by atoms with E-state index in [-0.39, 0.29) is 0 Å². The van der Waals surface area contributed by atoms with Crippen LogP contribution in [0.15, 0.2) is 249 Å². The Morgan fingerprint density at radius 3 is 1.07 bits per heavy atom. The Balaban J connectivity index is 0.962. The molecule has 0 aliphatic heterocycles. The highest BCUT2D eigenvalue weighted by Crippen LogP contribution is 2.37. The van der Waals surface area contributed by atoms with Crippen molar-refractivity contribution in [1.82, 2.24) is 24.9 Å². The van der Waals surface area contributed by atoms with Gasteiger partial charge in [-0.1, -0.05) is 188 Å². The molecule has 0 fully saturated rings. The fourth-order valence-electron chi connectivity index (χ4n) is 9.03. The van der Waals surface area contributed by atoms with E-state index in [4.69, 9.17) is 15.0 Å². The first-order chi connectivity index (χ1) is 33.6. The van der Waals surface area contributed by atoms with Gasteiger partial charge in [-0.15, -0.1) is 0 Å². The Bertz CT molecular complexity index is 3580. The molecule has 12 rings (SSSR count). The Morgan fingerprint density at radius 2 is 0.574 bits per heavy atom. The third kappa shape index (κ3) is 8.10. The molecule has 0 amide bonds. The molecule has 0 N–H and O–H groups in total. The summed E-state index contributed by atoms with van der Waals surface area (Å²) in [4.78, 5) is 24.7. The second-order valence-electron chi connectivity index (χ2n) is 16.9. The van der Waals surface area contributed by atoms with Gasteiger partial charge in [0, 0.05) is 40.2 Å². The molecule has 0 bridgehead atoms. The zero-order chi connectivity index (χ0) is 45.2. The molecule has 0 spiro atoms. The average Bonchev–Trinajstić information content (AvgIpc) is 3.43. The minimum absolute atomic E-state index is 0.601. The number of aromatic nitrogens is 5. The van der Waals surface area contributed by atoms with Crippen molar-refractivity contribution in [3.8, 4) is 101 Å². The van der Waals surface area contributed by atoms with Gasteiger partial charge in [0.05, 0.1) is 11.4 Å². The summed E-state index contributed by atoms with van der Waals surface area (Å²) in [6.45, 7) is 0. The summed E-state index contributed by atoms with van der Waals surface area (Å²) in [6, 6.07) is 83.0. The van der Waals surface area contributed by atoms with Crippen LogP contribution >= 0.6 is 0 Å². The molecule has 0 radical (unpaired) electrons. The lowest BCUT2D eigenvalue weighted by Gasteiger charge is -2.14. The van der Waals surface area contributed by atoms with Crippen LogP contribution in [0, 0.1) is 0 Å². The lowest BCUT2D eigenvalue weighted by atomic mass is 9.93. The Kier molecular flexibility index (Phi) is 10.5. The topological polar surface area (TPSA) is 64.5 Å². The molecule has 0 aliphatic carbocycles. The van der Waals surface area contributed by atoms with Gasteiger partial charge in [0.15, 0.2) is 17.5 Å². The molecule has 3 aromatic heterocycles. The number of rotatable bonds is 9. The first-order valence-corrected chi connectivity index (χ1v) is 22.8. The van der Waals surface area contributed by atoms with Crippen molar-refractivity contribution in [2.45, 2.75) is 0 Å². The summed E-state index contributed by atoms with van der Waals surface area (Å²) in [5.41, 5.74) is 15.7. The van der Waals surface area contributed by atoms with Gasteiger partial charge in [0.25, 0.3) is 0 Å². The van der Waals surface area contributed by atoms with Gasteiger partial charge in [-0.2, -0.15) is 0 Å². The fraction of sp³-hybridized carbons (Fsp3) is 0. The van der Waals surface area contributed by atoms with Gasteiger partial charge >= 0.3 is 0 Å². The molecular formula is C63H41N5. The van der Waals surface area contributed by atoms with Crippen LogP contribution < -0.4 is 0 Å². The van der Waals surface area contributed by atoms with Crippen molar-refractivity contribution < 1.29 is 0 Å². The normalized spacial score (nSPS) is 11.2. The number of benzene rings is 9. The van der Waals surface area contributed by atoms with E-state index in [9.17, 15) is 0 Å². The molecule has 3 heterocycles. The second kappa shape index (κ2) is 17.7. The highest BCUT2D eigenvalue weighted by Gasteiger charge is 2.16. The van der Waals surface area contributed by atoms with E-state index in [1.807, 2.05) is 67.0 Å². The van der Waals surface area contributed by atoms with E-state index in [0.717, 1.165) is 89.1 Å². The van der Waals surface area contributed by atoms with E-state index in [1.54, 1.807) is 0 Å². The molecule has 0 saturated carbocycles. The average molecular weight is 868 g/mol. The monoisotopic (exact) mass is 867 g/mol. The SMILES string of the molecule is c1ccc(-c2nc(-c3cc(-c4ccc(-c5ccc(-c6ccccn6)cc5)cc4)cc(-c4ccc(-c5ccc(-c6ccccn6)cc5)cc4)c3)nc(-c3ccc4ccc5ccccc5c4c3)n2)cc1. The van der Waals surface area contributed by atoms with Gasteiger partial charge in [-0.25, -0.2) is 15.0 Å². The molecule has 0 atom stereocenters. The minimum Gasteiger partial charge on any atom is -0.256 e. The number of hydrogen-bond acceptors (Lipinski definition) is 5. The highest BCUT2D eigenvalue weighted by atomic mass is 15.0. The third-order valence-corrected chi connectivity index (χ3v) is 12.7. The Hall–Kier alpha value is -9.19. The summed E-state index contributed by atoms with van der Waals surface area (Å²) in [7, 11) is 0. The summed E-state index contributed by atoms with van der Waals surface area (Å²) in [5.74, 6) is 1.84. The highest BCUT2D eigenvalue weighted by molar-refractivity contribution is 6.08. The molecular weight excluding hydrogens is 827 g/mol. The zero-order valence-corrected chi connectivity index (χ0v) is 36.9. The van der Waals surface area contributed by atoms with E-state index < -0.39 is 0 Å². The number of fused-ring (bicyclic) bond motifs is 3. The first kappa shape index (κ1) is 40.3. The molecule has 5 nitrogen and oxygen atoms in total. The first-order valence-electron chi connectivity index (χ1n) is 22.8.